The molecule has 4 nitrogen and oxygen atoms in total. The Labute approximate surface area is 91.2 Å². The Balaban J connectivity index is 1.65. The van der Waals surface area contributed by atoms with Crippen LogP contribution in [0.2, 0.25) is 0 Å². The second-order valence-corrected chi connectivity index (χ2v) is 4.92. The SMILES string of the molecule is CC(CNC1CCN(C2CC2)C1)C(N)=O. The van der Waals surface area contributed by atoms with Crippen molar-refractivity contribution >= 4 is 5.91 Å². The maximum atomic E-state index is 10.9. The van der Waals surface area contributed by atoms with Gasteiger partial charge in [0.1, 0.15) is 0 Å². The summed E-state index contributed by atoms with van der Waals surface area (Å²) in [6, 6.07) is 1.43. The minimum atomic E-state index is -0.209. The van der Waals surface area contributed by atoms with Gasteiger partial charge in [0.05, 0.1) is 0 Å². The molecule has 86 valence electrons. The predicted molar refractivity (Wildman–Crippen MR) is 59.4 cm³/mol. The van der Waals surface area contributed by atoms with Gasteiger partial charge in [0, 0.05) is 37.6 Å². The van der Waals surface area contributed by atoms with Crippen molar-refractivity contribution in [1.29, 1.82) is 0 Å². The molecule has 2 aliphatic rings. The van der Waals surface area contributed by atoms with E-state index < -0.39 is 0 Å². The van der Waals surface area contributed by atoms with Gasteiger partial charge in [-0.2, -0.15) is 0 Å². The first-order valence-corrected chi connectivity index (χ1v) is 5.93. The molecule has 0 aromatic rings. The van der Waals surface area contributed by atoms with Crippen LogP contribution in [0.5, 0.6) is 0 Å². The van der Waals surface area contributed by atoms with Crippen molar-refractivity contribution in [2.45, 2.75) is 38.3 Å². The molecule has 2 fully saturated rings. The van der Waals surface area contributed by atoms with Crippen LogP contribution in [0.4, 0.5) is 0 Å². The molecular formula is C11H21N3O. The van der Waals surface area contributed by atoms with Crippen LogP contribution in [0, 0.1) is 5.92 Å². The first kappa shape index (κ1) is 10.9. The normalized spacial score (nSPS) is 29.3. The summed E-state index contributed by atoms with van der Waals surface area (Å²) in [7, 11) is 0. The third kappa shape index (κ3) is 2.92. The molecular weight excluding hydrogens is 190 g/mol. The van der Waals surface area contributed by atoms with E-state index in [0.29, 0.717) is 6.04 Å². The Morgan fingerprint density at radius 2 is 2.27 bits per heavy atom. The average molecular weight is 211 g/mol. The molecule has 4 heteroatoms. The van der Waals surface area contributed by atoms with Gasteiger partial charge in [-0.05, 0) is 19.3 Å². The Morgan fingerprint density at radius 1 is 1.53 bits per heavy atom. The van der Waals surface area contributed by atoms with E-state index in [2.05, 4.69) is 10.2 Å². The van der Waals surface area contributed by atoms with Crippen LogP contribution < -0.4 is 11.1 Å². The molecule has 0 aromatic carbocycles. The molecule has 0 radical (unpaired) electrons. The van der Waals surface area contributed by atoms with E-state index >= 15 is 0 Å². The summed E-state index contributed by atoms with van der Waals surface area (Å²) in [6.07, 6.45) is 3.97. The number of carbonyl (C=O) groups is 1. The lowest BCUT2D eigenvalue weighted by Gasteiger charge is -2.17. The molecule has 0 aromatic heterocycles. The van der Waals surface area contributed by atoms with Gasteiger partial charge in [0.2, 0.25) is 5.91 Å². The van der Waals surface area contributed by atoms with Crippen molar-refractivity contribution in [3.63, 3.8) is 0 Å². The monoisotopic (exact) mass is 211 g/mol. The zero-order valence-electron chi connectivity index (χ0n) is 9.41. The van der Waals surface area contributed by atoms with Crippen LogP contribution in [0.1, 0.15) is 26.2 Å². The zero-order chi connectivity index (χ0) is 10.8. The fourth-order valence-electron chi connectivity index (χ4n) is 2.17. The molecule has 2 atom stereocenters. The summed E-state index contributed by atoms with van der Waals surface area (Å²) >= 11 is 0. The Morgan fingerprint density at radius 3 is 2.87 bits per heavy atom. The zero-order valence-corrected chi connectivity index (χ0v) is 9.41. The fourth-order valence-corrected chi connectivity index (χ4v) is 2.17. The van der Waals surface area contributed by atoms with Crippen LogP contribution in [0.15, 0.2) is 0 Å². The van der Waals surface area contributed by atoms with E-state index in [1.165, 1.54) is 25.8 Å². The van der Waals surface area contributed by atoms with Crippen molar-refractivity contribution in [2.24, 2.45) is 11.7 Å². The number of hydrogen-bond acceptors (Lipinski definition) is 3. The molecule has 1 saturated heterocycles. The number of amides is 1. The van der Waals surface area contributed by atoms with Crippen molar-refractivity contribution < 1.29 is 4.79 Å². The van der Waals surface area contributed by atoms with Gasteiger partial charge in [0.25, 0.3) is 0 Å². The number of nitrogens with zero attached hydrogens (tertiary/aromatic N) is 1. The number of primary amides is 1. The molecule has 3 N–H and O–H groups in total. The summed E-state index contributed by atoms with van der Waals surface area (Å²) in [5, 5.41) is 3.43. The van der Waals surface area contributed by atoms with Crippen LogP contribution in [-0.4, -0.2) is 42.5 Å². The first-order valence-electron chi connectivity index (χ1n) is 5.93. The highest BCUT2D eigenvalue weighted by molar-refractivity contribution is 5.76. The van der Waals surface area contributed by atoms with E-state index in [1.807, 2.05) is 6.92 Å². The summed E-state index contributed by atoms with van der Waals surface area (Å²) in [6.45, 7) is 4.96. The van der Waals surface area contributed by atoms with E-state index in [1.54, 1.807) is 0 Å². The standard InChI is InChI=1S/C11H21N3O/c1-8(11(12)15)6-13-9-4-5-14(7-9)10-2-3-10/h8-10,13H,2-7H2,1H3,(H2,12,15). The number of rotatable bonds is 5. The van der Waals surface area contributed by atoms with E-state index in [0.717, 1.165) is 19.1 Å². The largest absolute Gasteiger partial charge is 0.369 e. The lowest BCUT2D eigenvalue weighted by Crippen LogP contribution is -2.38. The lowest BCUT2D eigenvalue weighted by atomic mass is 10.1. The van der Waals surface area contributed by atoms with E-state index in [-0.39, 0.29) is 11.8 Å². The highest BCUT2D eigenvalue weighted by Crippen LogP contribution is 2.29. The summed E-state index contributed by atoms with van der Waals surface area (Å²) < 4.78 is 0. The third-order valence-corrected chi connectivity index (χ3v) is 3.48. The maximum Gasteiger partial charge on any atom is 0.221 e. The Hall–Kier alpha value is -0.610. The highest BCUT2D eigenvalue weighted by Gasteiger charge is 2.34. The van der Waals surface area contributed by atoms with E-state index in [9.17, 15) is 4.79 Å². The summed E-state index contributed by atoms with van der Waals surface area (Å²) in [4.78, 5) is 13.4. The second kappa shape index (κ2) is 4.49. The van der Waals surface area contributed by atoms with E-state index in [4.69, 9.17) is 5.73 Å². The van der Waals surface area contributed by atoms with Crippen molar-refractivity contribution in [3.8, 4) is 0 Å². The second-order valence-electron chi connectivity index (χ2n) is 4.92. The van der Waals surface area contributed by atoms with Gasteiger partial charge in [-0.15, -0.1) is 0 Å². The lowest BCUT2D eigenvalue weighted by molar-refractivity contribution is -0.121. The van der Waals surface area contributed by atoms with Crippen molar-refractivity contribution in [1.82, 2.24) is 10.2 Å². The Bertz CT molecular complexity index is 240. The first-order chi connectivity index (χ1) is 7.16. The topological polar surface area (TPSA) is 58.4 Å². The molecule has 1 heterocycles. The summed E-state index contributed by atoms with van der Waals surface area (Å²) in [5.41, 5.74) is 5.22. The average Bonchev–Trinajstić information content (AvgIpc) is 2.95. The number of nitrogens with one attached hydrogen (secondary N) is 1. The van der Waals surface area contributed by atoms with Crippen LogP contribution in [0.3, 0.4) is 0 Å². The molecule has 1 aliphatic heterocycles. The summed E-state index contributed by atoms with van der Waals surface area (Å²) in [5.74, 6) is -0.264. The molecule has 0 bridgehead atoms. The van der Waals surface area contributed by atoms with Crippen LogP contribution >= 0.6 is 0 Å². The number of hydrogen-bond donors (Lipinski definition) is 2. The molecule has 1 saturated carbocycles. The minimum Gasteiger partial charge on any atom is -0.369 e. The maximum absolute atomic E-state index is 10.9. The minimum absolute atomic E-state index is 0.0556. The van der Waals surface area contributed by atoms with Gasteiger partial charge < -0.3 is 11.1 Å². The van der Waals surface area contributed by atoms with Crippen molar-refractivity contribution in [3.05, 3.63) is 0 Å². The molecule has 2 unspecified atom stereocenters. The quantitative estimate of drug-likeness (QED) is 0.669. The van der Waals surface area contributed by atoms with Crippen molar-refractivity contribution in [2.75, 3.05) is 19.6 Å². The number of likely N-dealkylation sites (tertiary alicyclic amines) is 1. The smallest absolute Gasteiger partial charge is 0.221 e. The van der Waals surface area contributed by atoms with Crippen LogP contribution in [0.25, 0.3) is 0 Å². The van der Waals surface area contributed by atoms with Gasteiger partial charge in [-0.25, -0.2) is 0 Å². The number of carbonyl (C=O) groups excluding carboxylic acids is 1. The van der Waals surface area contributed by atoms with Gasteiger partial charge in [0.15, 0.2) is 0 Å². The van der Waals surface area contributed by atoms with Gasteiger partial charge in [-0.1, -0.05) is 6.92 Å². The molecule has 0 spiro atoms. The molecule has 2 rings (SSSR count). The fraction of sp³-hybridized carbons (Fsp3) is 0.909. The highest BCUT2D eigenvalue weighted by atomic mass is 16.1. The van der Waals surface area contributed by atoms with Gasteiger partial charge in [-0.3, -0.25) is 9.69 Å². The van der Waals surface area contributed by atoms with Crippen LogP contribution in [-0.2, 0) is 4.79 Å². The Kier molecular flexibility index (Phi) is 3.26. The molecule has 1 amide bonds. The molecule has 15 heavy (non-hydrogen) atoms. The molecule has 1 aliphatic carbocycles. The third-order valence-electron chi connectivity index (χ3n) is 3.48. The van der Waals surface area contributed by atoms with Gasteiger partial charge >= 0.3 is 0 Å². The predicted octanol–water partition coefficient (Wildman–Crippen LogP) is -0.0659. The number of nitrogens with two attached hydrogens (primary N) is 1.